The molecule has 2 aliphatic heterocycles. The monoisotopic (exact) mass is 130 g/mol. The third-order valence-electron chi connectivity index (χ3n) is 1.41. The molecule has 0 N–H and O–H groups in total. The van der Waals surface area contributed by atoms with Gasteiger partial charge in [0.15, 0.2) is 0 Å². The van der Waals surface area contributed by atoms with Gasteiger partial charge in [-0.2, -0.15) is 0 Å². The lowest BCUT2D eigenvalue weighted by Crippen LogP contribution is -2.06. The molecule has 0 aromatic rings. The molecular formula is C6H10O3. The quantitative estimate of drug-likeness (QED) is 0.494. The van der Waals surface area contributed by atoms with Crippen molar-refractivity contribution in [2.45, 2.75) is 12.2 Å². The van der Waals surface area contributed by atoms with Crippen molar-refractivity contribution in [1.82, 2.24) is 0 Å². The first kappa shape index (κ1) is 5.65. The van der Waals surface area contributed by atoms with Crippen molar-refractivity contribution in [2.75, 3.05) is 26.4 Å². The van der Waals surface area contributed by atoms with Crippen LogP contribution in [0.5, 0.6) is 0 Å². The number of hydrogen-bond acceptors (Lipinski definition) is 3. The van der Waals surface area contributed by atoms with Crippen LogP contribution < -0.4 is 0 Å². The summed E-state index contributed by atoms with van der Waals surface area (Å²) < 4.78 is 15.1. The third kappa shape index (κ3) is 1.93. The summed E-state index contributed by atoms with van der Waals surface area (Å²) in [6.45, 7) is 3.26. The minimum absolute atomic E-state index is 0.392. The lowest BCUT2D eigenvalue weighted by Gasteiger charge is -1.95. The fourth-order valence-corrected chi connectivity index (χ4v) is 0.659. The van der Waals surface area contributed by atoms with E-state index in [1.807, 2.05) is 0 Å². The van der Waals surface area contributed by atoms with Crippen LogP contribution in [0.15, 0.2) is 0 Å². The van der Waals surface area contributed by atoms with Gasteiger partial charge in [0.2, 0.25) is 0 Å². The molecule has 3 nitrogen and oxygen atoms in total. The van der Waals surface area contributed by atoms with Crippen LogP contribution in [0.4, 0.5) is 0 Å². The van der Waals surface area contributed by atoms with Crippen molar-refractivity contribution in [1.29, 1.82) is 0 Å². The molecule has 0 spiro atoms. The maximum Gasteiger partial charge on any atom is 0.104 e. The van der Waals surface area contributed by atoms with Gasteiger partial charge < -0.3 is 14.2 Å². The molecule has 2 fully saturated rings. The molecule has 9 heavy (non-hydrogen) atoms. The van der Waals surface area contributed by atoms with Crippen molar-refractivity contribution in [2.24, 2.45) is 0 Å². The molecule has 2 aliphatic rings. The van der Waals surface area contributed by atoms with Crippen molar-refractivity contribution in [3.63, 3.8) is 0 Å². The molecule has 3 heteroatoms. The first-order chi connectivity index (χ1) is 4.45. The molecule has 2 heterocycles. The van der Waals surface area contributed by atoms with Gasteiger partial charge in [-0.1, -0.05) is 0 Å². The Kier molecular flexibility index (Phi) is 1.41. The Morgan fingerprint density at radius 1 is 1.11 bits per heavy atom. The van der Waals surface area contributed by atoms with E-state index in [0.29, 0.717) is 12.2 Å². The van der Waals surface area contributed by atoms with E-state index >= 15 is 0 Å². The van der Waals surface area contributed by atoms with Gasteiger partial charge in [-0.15, -0.1) is 0 Å². The molecule has 52 valence electrons. The van der Waals surface area contributed by atoms with Crippen LogP contribution in [-0.2, 0) is 14.2 Å². The van der Waals surface area contributed by atoms with Gasteiger partial charge in [0, 0.05) is 0 Å². The van der Waals surface area contributed by atoms with Crippen LogP contribution in [0.2, 0.25) is 0 Å². The summed E-state index contributed by atoms with van der Waals surface area (Å²) in [7, 11) is 0. The van der Waals surface area contributed by atoms with Crippen molar-refractivity contribution in [3.05, 3.63) is 0 Å². The smallest absolute Gasteiger partial charge is 0.104 e. The zero-order valence-corrected chi connectivity index (χ0v) is 5.21. The van der Waals surface area contributed by atoms with E-state index in [4.69, 9.17) is 14.2 Å². The lowest BCUT2D eigenvalue weighted by atomic mass is 10.5. The van der Waals surface area contributed by atoms with Crippen LogP contribution in [0.25, 0.3) is 0 Å². The van der Waals surface area contributed by atoms with Gasteiger partial charge >= 0.3 is 0 Å². The average molecular weight is 130 g/mol. The van der Waals surface area contributed by atoms with Crippen molar-refractivity contribution >= 4 is 0 Å². The summed E-state index contributed by atoms with van der Waals surface area (Å²) >= 11 is 0. The van der Waals surface area contributed by atoms with Crippen LogP contribution in [0.3, 0.4) is 0 Å². The molecule has 1 unspecified atom stereocenters. The van der Waals surface area contributed by atoms with E-state index in [0.717, 1.165) is 26.4 Å². The number of hydrogen-bond donors (Lipinski definition) is 0. The Labute approximate surface area is 53.9 Å². The molecule has 2 atom stereocenters. The lowest BCUT2D eigenvalue weighted by molar-refractivity contribution is 0.102. The summed E-state index contributed by atoms with van der Waals surface area (Å²) in [6, 6.07) is 0. The summed E-state index contributed by atoms with van der Waals surface area (Å²) in [5.41, 5.74) is 0. The summed E-state index contributed by atoms with van der Waals surface area (Å²) in [4.78, 5) is 0. The van der Waals surface area contributed by atoms with Crippen LogP contribution in [0, 0.1) is 0 Å². The van der Waals surface area contributed by atoms with E-state index in [-0.39, 0.29) is 0 Å². The second kappa shape index (κ2) is 2.25. The van der Waals surface area contributed by atoms with Gasteiger partial charge in [-0.05, 0) is 0 Å². The summed E-state index contributed by atoms with van der Waals surface area (Å²) in [5.74, 6) is 0. The number of epoxide rings is 2. The Balaban J connectivity index is 1.46. The van der Waals surface area contributed by atoms with Crippen molar-refractivity contribution < 1.29 is 14.2 Å². The fourth-order valence-electron chi connectivity index (χ4n) is 0.659. The van der Waals surface area contributed by atoms with E-state index in [9.17, 15) is 0 Å². The highest BCUT2D eigenvalue weighted by molar-refractivity contribution is 4.71. The predicted molar refractivity (Wildman–Crippen MR) is 30.3 cm³/mol. The standard InChI is InChI=1S/C6H10O3/c1(5-3-8-5)7-2-6-4-9-6/h5-6H,1-4H2/t5-,6?/m0/s1. The number of rotatable bonds is 4. The first-order valence-electron chi connectivity index (χ1n) is 3.26. The SMILES string of the molecule is C(OC[C@H]1CO1)C1CO1. The Morgan fingerprint density at radius 3 is 1.89 bits per heavy atom. The minimum Gasteiger partial charge on any atom is -0.376 e. The largest absolute Gasteiger partial charge is 0.376 e. The molecule has 0 aromatic carbocycles. The molecule has 0 amide bonds. The maximum atomic E-state index is 5.23. The summed E-state index contributed by atoms with van der Waals surface area (Å²) in [6.07, 6.45) is 0.785. The maximum absolute atomic E-state index is 5.23. The van der Waals surface area contributed by atoms with Crippen LogP contribution >= 0.6 is 0 Å². The molecule has 0 saturated carbocycles. The molecule has 2 saturated heterocycles. The van der Waals surface area contributed by atoms with E-state index < -0.39 is 0 Å². The zero-order valence-electron chi connectivity index (χ0n) is 5.21. The van der Waals surface area contributed by atoms with Crippen molar-refractivity contribution in [3.8, 4) is 0 Å². The van der Waals surface area contributed by atoms with E-state index in [2.05, 4.69) is 0 Å². The summed E-state index contributed by atoms with van der Waals surface area (Å²) in [5, 5.41) is 0. The first-order valence-corrected chi connectivity index (χ1v) is 3.26. The normalized spacial score (nSPS) is 38.7. The molecule has 0 aliphatic carbocycles. The van der Waals surface area contributed by atoms with Gasteiger partial charge in [-0.25, -0.2) is 0 Å². The molecule has 2 rings (SSSR count). The zero-order chi connectivity index (χ0) is 6.10. The molecule has 0 aromatic heterocycles. The third-order valence-corrected chi connectivity index (χ3v) is 1.41. The predicted octanol–water partition coefficient (Wildman–Crippen LogP) is -0.199. The fraction of sp³-hybridized carbons (Fsp3) is 1.00. The van der Waals surface area contributed by atoms with Gasteiger partial charge in [-0.3, -0.25) is 0 Å². The highest BCUT2D eigenvalue weighted by atomic mass is 16.6. The second-order valence-electron chi connectivity index (χ2n) is 2.45. The topological polar surface area (TPSA) is 34.3 Å². The molecular weight excluding hydrogens is 120 g/mol. The Bertz CT molecular complexity index is 84.5. The van der Waals surface area contributed by atoms with E-state index in [1.54, 1.807) is 0 Å². The van der Waals surface area contributed by atoms with Crippen LogP contribution in [0.1, 0.15) is 0 Å². The van der Waals surface area contributed by atoms with Gasteiger partial charge in [0.1, 0.15) is 12.2 Å². The Hall–Kier alpha value is -0.120. The average Bonchev–Trinajstić information content (AvgIpc) is 2.57. The Morgan fingerprint density at radius 2 is 1.56 bits per heavy atom. The van der Waals surface area contributed by atoms with E-state index in [1.165, 1.54) is 0 Å². The molecule has 0 bridgehead atoms. The highest BCUT2D eigenvalue weighted by Crippen LogP contribution is 2.12. The van der Waals surface area contributed by atoms with Gasteiger partial charge in [0.05, 0.1) is 26.4 Å². The molecule has 0 radical (unpaired) electrons. The van der Waals surface area contributed by atoms with Gasteiger partial charge in [0.25, 0.3) is 0 Å². The second-order valence-corrected chi connectivity index (χ2v) is 2.45. The highest BCUT2D eigenvalue weighted by Gasteiger charge is 2.26. The minimum atomic E-state index is 0.392. The van der Waals surface area contributed by atoms with Crippen LogP contribution in [-0.4, -0.2) is 38.6 Å². The number of ether oxygens (including phenoxy) is 3.